The van der Waals surface area contributed by atoms with Gasteiger partial charge in [-0.3, -0.25) is 4.98 Å². The third-order valence-electron chi connectivity index (χ3n) is 6.64. The van der Waals surface area contributed by atoms with Gasteiger partial charge in [-0.15, -0.1) is 11.3 Å². The second-order valence-electron chi connectivity index (χ2n) is 9.06. The van der Waals surface area contributed by atoms with Crippen molar-refractivity contribution in [3.8, 4) is 10.6 Å². The molecule has 0 bridgehead atoms. The Morgan fingerprint density at radius 1 is 1.18 bits per heavy atom. The summed E-state index contributed by atoms with van der Waals surface area (Å²) in [6.07, 6.45) is 3.66. The van der Waals surface area contributed by atoms with Gasteiger partial charge in [-0.25, -0.2) is 9.97 Å². The van der Waals surface area contributed by atoms with Crippen molar-refractivity contribution in [1.82, 2.24) is 19.9 Å². The molecule has 2 aliphatic rings. The fourth-order valence-corrected chi connectivity index (χ4v) is 5.71. The molecular formula is C23H30N6O3S. The van der Waals surface area contributed by atoms with Crippen molar-refractivity contribution < 1.29 is 14.9 Å². The fraction of sp³-hybridized carbons (Fsp3) is 0.565. The summed E-state index contributed by atoms with van der Waals surface area (Å²) in [5.41, 5.74) is 3.39. The van der Waals surface area contributed by atoms with Crippen LogP contribution in [0.25, 0.3) is 20.8 Å². The number of hydrogen-bond donors (Lipinski definition) is 4. The highest BCUT2D eigenvalue weighted by Gasteiger charge is 2.43. The molecule has 176 valence electrons. The van der Waals surface area contributed by atoms with Gasteiger partial charge in [0.1, 0.15) is 22.4 Å². The summed E-state index contributed by atoms with van der Waals surface area (Å²) in [6, 6.07) is 1.66. The van der Waals surface area contributed by atoms with Crippen molar-refractivity contribution in [2.24, 2.45) is 11.8 Å². The standard InChI is InChI=1S/C23H30N6O3S/c1-11-17(22-28-18-12(2)24-7-6-16(18)33-22)21(29-23(26-11)25-9-13-4-5-13)27-15-8-14(10-30)20(32-3)19(15)31/h6-7,13-15,19-20,30-31H,4-5,8-10H2,1-3H3,(H2,25,26,27,29). The topological polar surface area (TPSA) is 125 Å². The summed E-state index contributed by atoms with van der Waals surface area (Å²) < 4.78 is 6.52. The fourth-order valence-electron chi connectivity index (χ4n) is 4.60. The monoisotopic (exact) mass is 470 g/mol. The zero-order chi connectivity index (χ0) is 23.1. The lowest BCUT2D eigenvalue weighted by Crippen LogP contribution is -2.37. The summed E-state index contributed by atoms with van der Waals surface area (Å²) in [5.74, 6) is 1.74. The molecule has 0 spiro atoms. The molecule has 3 aromatic heterocycles. The van der Waals surface area contributed by atoms with Crippen LogP contribution in [0.4, 0.5) is 11.8 Å². The van der Waals surface area contributed by atoms with Crippen molar-refractivity contribution >= 4 is 33.3 Å². The van der Waals surface area contributed by atoms with Gasteiger partial charge in [-0.1, -0.05) is 0 Å². The lowest BCUT2D eigenvalue weighted by Gasteiger charge is -2.22. The first kappa shape index (κ1) is 22.4. The van der Waals surface area contributed by atoms with E-state index in [9.17, 15) is 10.2 Å². The number of anilines is 2. The number of fused-ring (bicyclic) bond motifs is 1. The molecule has 4 N–H and O–H groups in total. The smallest absolute Gasteiger partial charge is 0.224 e. The maximum atomic E-state index is 10.9. The van der Waals surface area contributed by atoms with E-state index in [1.807, 2.05) is 19.9 Å². The highest BCUT2D eigenvalue weighted by Crippen LogP contribution is 2.39. The second kappa shape index (κ2) is 9.09. The minimum Gasteiger partial charge on any atom is -0.396 e. The lowest BCUT2D eigenvalue weighted by atomic mass is 10.1. The van der Waals surface area contributed by atoms with E-state index in [1.165, 1.54) is 12.8 Å². The largest absolute Gasteiger partial charge is 0.396 e. The zero-order valence-electron chi connectivity index (χ0n) is 19.1. The van der Waals surface area contributed by atoms with Gasteiger partial charge >= 0.3 is 0 Å². The van der Waals surface area contributed by atoms with E-state index in [0.717, 1.165) is 38.7 Å². The zero-order valence-corrected chi connectivity index (χ0v) is 19.9. The number of rotatable bonds is 8. The number of thiazole rings is 1. The molecule has 10 heteroatoms. The maximum absolute atomic E-state index is 10.9. The Bertz CT molecular complexity index is 1150. The molecule has 3 heterocycles. The van der Waals surface area contributed by atoms with E-state index < -0.39 is 12.2 Å². The van der Waals surface area contributed by atoms with Crippen molar-refractivity contribution in [1.29, 1.82) is 0 Å². The van der Waals surface area contributed by atoms with Gasteiger partial charge in [-0.2, -0.15) is 4.98 Å². The van der Waals surface area contributed by atoms with Crippen molar-refractivity contribution in [2.75, 3.05) is 30.9 Å². The van der Waals surface area contributed by atoms with Crippen LogP contribution in [0, 0.1) is 25.7 Å². The van der Waals surface area contributed by atoms with Gasteiger partial charge in [0.2, 0.25) is 5.95 Å². The molecule has 0 radical (unpaired) electrons. The van der Waals surface area contributed by atoms with Crippen LogP contribution in [0.2, 0.25) is 0 Å². The van der Waals surface area contributed by atoms with Crippen molar-refractivity contribution in [3.63, 3.8) is 0 Å². The van der Waals surface area contributed by atoms with Crippen LogP contribution in [0.1, 0.15) is 30.7 Å². The predicted octanol–water partition coefficient (Wildman–Crippen LogP) is 2.76. The Hall–Kier alpha value is -2.40. The van der Waals surface area contributed by atoms with Crippen molar-refractivity contribution in [2.45, 2.75) is 51.4 Å². The van der Waals surface area contributed by atoms with E-state index >= 15 is 0 Å². The van der Waals surface area contributed by atoms with E-state index in [0.29, 0.717) is 24.1 Å². The first-order valence-electron chi connectivity index (χ1n) is 11.4. The second-order valence-corrected chi connectivity index (χ2v) is 10.1. The van der Waals surface area contributed by atoms with E-state index in [1.54, 1.807) is 24.6 Å². The number of nitrogens with zero attached hydrogens (tertiary/aromatic N) is 4. The molecule has 4 atom stereocenters. The summed E-state index contributed by atoms with van der Waals surface area (Å²) in [7, 11) is 1.57. The highest BCUT2D eigenvalue weighted by molar-refractivity contribution is 7.21. The molecule has 33 heavy (non-hydrogen) atoms. The minimum absolute atomic E-state index is 0.0399. The Morgan fingerprint density at radius 3 is 2.67 bits per heavy atom. The molecule has 4 unspecified atom stereocenters. The Balaban J connectivity index is 1.53. The first-order valence-corrected chi connectivity index (χ1v) is 12.2. The normalized spacial score (nSPS) is 25.0. The average Bonchev–Trinajstić information content (AvgIpc) is 3.45. The molecule has 3 aromatic rings. The predicted molar refractivity (Wildman–Crippen MR) is 129 cm³/mol. The number of aliphatic hydroxyl groups excluding tert-OH is 2. The third kappa shape index (κ3) is 4.40. The molecular weight excluding hydrogens is 440 g/mol. The van der Waals surface area contributed by atoms with E-state index in [2.05, 4.69) is 15.6 Å². The molecule has 9 nitrogen and oxygen atoms in total. The summed E-state index contributed by atoms with van der Waals surface area (Å²) in [4.78, 5) is 18.8. The summed E-state index contributed by atoms with van der Waals surface area (Å²) in [6.45, 7) is 4.73. The molecule has 2 fully saturated rings. The number of aryl methyl sites for hydroxylation is 2. The van der Waals surface area contributed by atoms with Gasteiger partial charge in [0.15, 0.2) is 0 Å². The quantitative estimate of drug-likeness (QED) is 0.393. The van der Waals surface area contributed by atoms with Gasteiger partial charge in [0.05, 0.1) is 33.8 Å². The van der Waals surface area contributed by atoms with Crippen LogP contribution in [0.15, 0.2) is 12.3 Å². The number of nitrogens with one attached hydrogen (secondary N) is 2. The van der Waals surface area contributed by atoms with Crippen LogP contribution in [-0.4, -0.2) is 68.7 Å². The third-order valence-corrected chi connectivity index (χ3v) is 7.68. The van der Waals surface area contributed by atoms with Crippen LogP contribution >= 0.6 is 11.3 Å². The Morgan fingerprint density at radius 2 is 2.00 bits per heavy atom. The number of aliphatic hydroxyl groups is 2. The molecule has 0 aliphatic heterocycles. The minimum atomic E-state index is -0.764. The number of ether oxygens (including phenoxy) is 1. The van der Waals surface area contributed by atoms with Crippen LogP contribution < -0.4 is 10.6 Å². The van der Waals surface area contributed by atoms with E-state index in [4.69, 9.17) is 19.7 Å². The van der Waals surface area contributed by atoms with Crippen LogP contribution in [-0.2, 0) is 4.74 Å². The van der Waals surface area contributed by atoms with Gasteiger partial charge in [0.25, 0.3) is 0 Å². The summed E-state index contributed by atoms with van der Waals surface area (Å²) >= 11 is 1.58. The number of hydrogen-bond acceptors (Lipinski definition) is 10. The van der Waals surface area contributed by atoms with Gasteiger partial charge in [0, 0.05) is 32.4 Å². The van der Waals surface area contributed by atoms with Crippen LogP contribution in [0.3, 0.4) is 0 Å². The number of aromatic nitrogens is 4. The molecule has 0 saturated heterocycles. The first-order chi connectivity index (χ1) is 16.0. The molecule has 2 saturated carbocycles. The molecule has 0 aromatic carbocycles. The van der Waals surface area contributed by atoms with Crippen molar-refractivity contribution in [3.05, 3.63) is 23.7 Å². The van der Waals surface area contributed by atoms with E-state index in [-0.39, 0.29) is 18.6 Å². The highest BCUT2D eigenvalue weighted by atomic mass is 32.1. The Kier molecular flexibility index (Phi) is 6.17. The lowest BCUT2D eigenvalue weighted by molar-refractivity contribution is -0.0259. The average molecular weight is 471 g/mol. The SMILES string of the molecule is COC1C(CO)CC(Nc2nc(NCC3CC3)nc(C)c2-c2nc3c(C)nccc3s2)C1O. The number of pyridine rings is 1. The number of methoxy groups -OCH3 is 1. The summed E-state index contributed by atoms with van der Waals surface area (Å²) in [5, 5.41) is 28.2. The molecule has 0 amide bonds. The maximum Gasteiger partial charge on any atom is 0.224 e. The van der Waals surface area contributed by atoms with Crippen LogP contribution in [0.5, 0.6) is 0 Å². The Labute approximate surface area is 196 Å². The van der Waals surface area contributed by atoms with Gasteiger partial charge < -0.3 is 25.6 Å². The molecule has 2 aliphatic carbocycles. The molecule has 5 rings (SSSR count). The van der Waals surface area contributed by atoms with Gasteiger partial charge in [-0.05, 0) is 45.1 Å².